The average molecular weight is 492 g/mol. The van der Waals surface area contributed by atoms with Crippen molar-refractivity contribution in [2.75, 3.05) is 42.9 Å². The molecule has 194 valence electrons. The van der Waals surface area contributed by atoms with Gasteiger partial charge in [-0.2, -0.15) is 0 Å². The van der Waals surface area contributed by atoms with Crippen LogP contribution in [0, 0.1) is 17.7 Å². The molecule has 2 fully saturated rings. The molecule has 0 spiro atoms. The average Bonchev–Trinajstić information content (AvgIpc) is 3.55. The number of hydrogen-bond donors (Lipinski definition) is 4. The number of benzene rings is 1. The maximum Gasteiger partial charge on any atom is 0.319 e. The normalized spacial score (nSPS) is 16.7. The van der Waals surface area contributed by atoms with E-state index in [2.05, 4.69) is 15.5 Å². The highest BCUT2D eigenvalue weighted by Crippen LogP contribution is 2.30. The molecule has 1 saturated heterocycles. The van der Waals surface area contributed by atoms with Crippen molar-refractivity contribution in [3.05, 3.63) is 24.0 Å². The summed E-state index contributed by atoms with van der Waals surface area (Å²) in [6.45, 7) is 4.10. The van der Waals surface area contributed by atoms with E-state index in [0.29, 0.717) is 18.2 Å². The molecule has 1 aromatic carbocycles. The van der Waals surface area contributed by atoms with Crippen molar-refractivity contribution in [1.82, 2.24) is 15.7 Å². The van der Waals surface area contributed by atoms with Gasteiger partial charge in [-0.15, -0.1) is 0 Å². The SMILES string of the molecule is CC(CNC(=O)Nc1cc(F)ccc1N1CCCC1)CC(=O)N(CCC1CCCC1)CC(=O)NO. The zero-order valence-corrected chi connectivity index (χ0v) is 20.5. The van der Waals surface area contributed by atoms with Crippen LogP contribution in [0.25, 0.3) is 0 Å². The summed E-state index contributed by atoms with van der Waals surface area (Å²) in [6, 6.07) is 3.92. The smallest absolute Gasteiger partial charge is 0.319 e. The molecule has 2 aliphatic rings. The molecule has 0 radical (unpaired) electrons. The van der Waals surface area contributed by atoms with E-state index in [9.17, 15) is 18.8 Å². The van der Waals surface area contributed by atoms with Crippen LogP contribution in [-0.2, 0) is 9.59 Å². The van der Waals surface area contributed by atoms with Crippen LogP contribution in [0.3, 0.4) is 0 Å². The van der Waals surface area contributed by atoms with E-state index in [1.807, 2.05) is 6.92 Å². The fourth-order valence-corrected chi connectivity index (χ4v) is 4.91. The Morgan fingerprint density at radius 2 is 1.89 bits per heavy atom. The van der Waals surface area contributed by atoms with E-state index in [0.717, 1.165) is 50.9 Å². The Bertz CT molecular complexity index is 871. The summed E-state index contributed by atoms with van der Waals surface area (Å²) in [5.74, 6) is -0.850. The molecular weight excluding hydrogens is 453 g/mol. The van der Waals surface area contributed by atoms with Gasteiger partial charge < -0.3 is 20.4 Å². The van der Waals surface area contributed by atoms with Crippen LogP contribution in [0.4, 0.5) is 20.6 Å². The van der Waals surface area contributed by atoms with E-state index in [4.69, 9.17) is 5.21 Å². The molecule has 1 aliphatic heterocycles. The van der Waals surface area contributed by atoms with E-state index >= 15 is 0 Å². The van der Waals surface area contributed by atoms with Crippen LogP contribution in [0.1, 0.15) is 58.3 Å². The van der Waals surface area contributed by atoms with Crippen molar-refractivity contribution in [2.45, 2.75) is 58.3 Å². The van der Waals surface area contributed by atoms with Gasteiger partial charge in [0, 0.05) is 32.6 Å². The summed E-state index contributed by atoms with van der Waals surface area (Å²) < 4.78 is 13.8. The maximum absolute atomic E-state index is 13.8. The minimum absolute atomic E-state index is 0.155. The lowest BCUT2D eigenvalue weighted by molar-refractivity contribution is -0.140. The molecule has 0 bridgehead atoms. The standard InChI is InChI=1S/C25H38FN5O4/c1-18(14-24(33)31(17-23(32)29-35)13-10-19-6-2-3-7-19)16-27-25(34)28-21-15-20(26)8-9-22(21)30-11-4-5-12-30/h8-9,15,18-19,35H,2-7,10-14,16-17H2,1H3,(H,29,32)(H2,27,28,34). The molecule has 1 aliphatic carbocycles. The quantitative estimate of drug-likeness (QED) is 0.280. The number of nitrogens with one attached hydrogen (secondary N) is 3. The molecule has 9 nitrogen and oxygen atoms in total. The minimum atomic E-state index is -0.626. The predicted octanol–water partition coefficient (Wildman–Crippen LogP) is 3.49. The first-order valence-corrected chi connectivity index (χ1v) is 12.7. The van der Waals surface area contributed by atoms with Crippen LogP contribution in [-0.4, -0.2) is 60.7 Å². The molecule has 1 atom stereocenters. The maximum atomic E-state index is 13.8. The largest absolute Gasteiger partial charge is 0.370 e. The van der Waals surface area contributed by atoms with Gasteiger partial charge in [-0.25, -0.2) is 14.7 Å². The van der Waals surface area contributed by atoms with Crippen LogP contribution in [0.2, 0.25) is 0 Å². The number of amides is 4. The number of halogens is 1. The summed E-state index contributed by atoms with van der Waals surface area (Å²) in [7, 11) is 0. The minimum Gasteiger partial charge on any atom is -0.370 e. The zero-order valence-electron chi connectivity index (χ0n) is 20.5. The molecule has 1 aromatic rings. The second-order valence-corrected chi connectivity index (χ2v) is 9.79. The number of carbonyl (C=O) groups is 3. The fraction of sp³-hybridized carbons (Fsp3) is 0.640. The summed E-state index contributed by atoms with van der Waals surface area (Å²) in [5.41, 5.74) is 2.81. The van der Waals surface area contributed by atoms with E-state index in [-0.39, 0.29) is 31.3 Å². The van der Waals surface area contributed by atoms with Gasteiger partial charge in [-0.1, -0.05) is 32.6 Å². The molecule has 1 saturated carbocycles. The van der Waals surface area contributed by atoms with Gasteiger partial charge in [0.05, 0.1) is 11.4 Å². The predicted molar refractivity (Wildman–Crippen MR) is 132 cm³/mol. The van der Waals surface area contributed by atoms with Gasteiger partial charge in [-0.05, 0) is 49.3 Å². The third-order valence-electron chi connectivity index (χ3n) is 6.88. The molecule has 1 unspecified atom stereocenters. The number of hydrogen-bond acceptors (Lipinski definition) is 5. The monoisotopic (exact) mass is 491 g/mol. The highest BCUT2D eigenvalue weighted by atomic mass is 19.1. The molecule has 1 heterocycles. The topological polar surface area (TPSA) is 114 Å². The molecule has 35 heavy (non-hydrogen) atoms. The first-order chi connectivity index (χ1) is 16.9. The van der Waals surface area contributed by atoms with E-state index in [1.165, 1.54) is 29.9 Å². The summed E-state index contributed by atoms with van der Waals surface area (Å²) in [6.07, 6.45) is 7.82. The van der Waals surface area contributed by atoms with Gasteiger partial charge >= 0.3 is 6.03 Å². The van der Waals surface area contributed by atoms with Crippen molar-refractivity contribution in [2.24, 2.45) is 11.8 Å². The van der Waals surface area contributed by atoms with Gasteiger partial charge in [-0.3, -0.25) is 14.8 Å². The van der Waals surface area contributed by atoms with E-state index in [1.54, 1.807) is 11.5 Å². The van der Waals surface area contributed by atoms with Crippen molar-refractivity contribution in [3.8, 4) is 0 Å². The Kier molecular flexibility index (Phi) is 10.1. The van der Waals surface area contributed by atoms with Crippen LogP contribution < -0.4 is 21.0 Å². The summed E-state index contributed by atoms with van der Waals surface area (Å²) in [4.78, 5) is 40.7. The number of rotatable bonds is 11. The van der Waals surface area contributed by atoms with Gasteiger partial charge in [0.15, 0.2) is 0 Å². The summed E-state index contributed by atoms with van der Waals surface area (Å²) >= 11 is 0. The van der Waals surface area contributed by atoms with Crippen molar-refractivity contribution in [3.63, 3.8) is 0 Å². The first kappa shape index (κ1) is 26.7. The molecule has 10 heteroatoms. The number of anilines is 2. The lowest BCUT2D eigenvalue weighted by Crippen LogP contribution is -2.42. The molecule has 3 rings (SSSR count). The van der Waals surface area contributed by atoms with Gasteiger partial charge in [0.1, 0.15) is 12.4 Å². The lowest BCUT2D eigenvalue weighted by Gasteiger charge is -2.25. The highest BCUT2D eigenvalue weighted by Gasteiger charge is 2.23. The third-order valence-corrected chi connectivity index (χ3v) is 6.88. The van der Waals surface area contributed by atoms with Crippen LogP contribution in [0.5, 0.6) is 0 Å². The first-order valence-electron chi connectivity index (χ1n) is 12.7. The second kappa shape index (κ2) is 13.3. The lowest BCUT2D eigenvalue weighted by atomic mass is 10.0. The Morgan fingerprint density at radius 3 is 2.57 bits per heavy atom. The molecular formula is C25H38FN5O4. The fourth-order valence-electron chi connectivity index (χ4n) is 4.91. The Morgan fingerprint density at radius 1 is 1.17 bits per heavy atom. The Labute approximate surface area is 206 Å². The van der Waals surface area contributed by atoms with Crippen LogP contribution in [0.15, 0.2) is 18.2 Å². The van der Waals surface area contributed by atoms with Gasteiger partial charge in [0.25, 0.3) is 5.91 Å². The number of nitrogens with zero attached hydrogens (tertiary/aromatic N) is 2. The highest BCUT2D eigenvalue weighted by molar-refractivity contribution is 5.93. The van der Waals surface area contributed by atoms with Gasteiger partial charge in [0.2, 0.25) is 5.91 Å². The molecule has 4 amide bonds. The second-order valence-electron chi connectivity index (χ2n) is 9.79. The number of hydroxylamine groups is 1. The number of urea groups is 1. The third kappa shape index (κ3) is 8.38. The zero-order chi connectivity index (χ0) is 25.2. The molecule has 0 aromatic heterocycles. The van der Waals surface area contributed by atoms with Crippen molar-refractivity contribution < 1.29 is 24.0 Å². The van der Waals surface area contributed by atoms with Crippen molar-refractivity contribution in [1.29, 1.82) is 0 Å². The Hall–Kier alpha value is -2.88. The Balaban J connectivity index is 1.49. The number of carbonyl (C=O) groups excluding carboxylic acids is 3. The molecule has 4 N–H and O–H groups in total. The van der Waals surface area contributed by atoms with E-state index < -0.39 is 17.8 Å². The van der Waals surface area contributed by atoms with Crippen molar-refractivity contribution >= 4 is 29.2 Å². The summed E-state index contributed by atoms with van der Waals surface area (Å²) in [5, 5.41) is 14.4. The van der Waals surface area contributed by atoms with Crippen LogP contribution >= 0.6 is 0 Å².